The summed E-state index contributed by atoms with van der Waals surface area (Å²) >= 11 is 0. The first-order valence-electron chi connectivity index (χ1n) is 20.2. The number of rotatable bonds is 17. The number of sulfonamides is 1. The van der Waals surface area contributed by atoms with Crippen LogP contribution < -0.4 is 31.6 Å². The molecule has 4 aliphatic rings. The van der Waals surface area contributed by atoms with Crippen molar-refractivity contribution in [1.82, 2.24) is 30.2 Å². The molecule has 1 aliphatic heterocycles. The van der Waals surface area contributed by atoms with Crippen molar-refractivity contribution in [3.05, 3.63) is 51.6 Å². The van der Waals surface area contributed by atoms with Crippen molar-refractivity contribution >= 4 is 46.0 Å². The summed E-state index contributed by atoms with van der Waals surface area (Å²) in [4.78, 5) is 75.2. The van der Waals surface area contributed by atoms with Crippen molar-refractivity contribution < 1.29 is 41.1 Å². The summed E-state index contributed by atoms with van der Waals surface area (Å²) in [5.74, 6) is -6.16. The fourth-order valence-corrected chi connectivity index (χ4v) is 9.21. The van der Waals surface area contributed by atoms with Gasteiger partial charge in [-0.25, -0.2) is 18.2 Å². The maximum Gasteiger partial charge on any atom is 0.408 e. The quantitative estimate of drug-likeness (QED) is 0.134. The summed E-state index contributed by atoms with van der Waals surface area (Å²) < 4.78 is 63.2. The molecule has 3 aliphatic carbocycles. The number of amides is 4. The number of carbonyl (C=O) groups is 4. The van der Waals surface area contributed by atoms with E-state index in [2.05, 4.69) is 38.5 Å². The van der Waals surface area contributed by atoms with Crippen LogP contribution >= 0.6 is 0 Å². The van der Waals surface area contributed by atoms with Gasteiger partial charge < -0.3 is 25.3 Å². The second-order valence-corrected chi connectivity index (χ2v) is 19.4. The number of H-pyrrole nitrogens is 1. The third-order valence-corrected chi connectivity index (χ3v) is 13.5. The van der Waals surface area contributed by atoms with E-state index in [1.165, 1.54) is 17.1 Å². The first-order chi connectivity index (χ1) is 27.1. The average Bonchev–Trinajstić information content (AvgIpc) is 4.07. The Hall–Kier alpha value is -4.41. The first-order valence-corrected chi connectivity index (χ1v) is 21.7. The minimum atomic E-state index is -3.88. The predicted molar refractivity (Wildman–Crippen MR) is 214 cm³/mol. The van der Waals surface area contributed by atoms with Crippen LogP contribution in [0.25, 0.3) is 12.2 Å². The molecular formula is C41H58F2N6O8S. The van der Waals surface area contributed by atoms with E-state index in [0.29, 0.717) is 55.9 Å². The SMILES string of the molecule is C=CC1CC1(NC(=O)C1C(CC)CCN1C(=O)C(NC(=O)OC1CC1CCCCC(F)(F)c1nc(=C/C)/c(=C\C(=C)C)[nH]c1=O)C(C)(C)C)C(=O)NS(=O)(=O)C1CC1. The van der Waals surface area contributed by atoms with Gasteiger partial charge in [0.05, 0.1) is 15.9 Å². The molecule has 0 aromatic carbocycles. The van der Waals surface area contributed by atoms with E-state index in [-0.39, 0.29) is 36.6 Å². The molecule has 4 N–H and O–H groups in total. The number of ether oxygens (including phenoxy) is 1. The molecule has 7 unspecified atom stereocenters. The van der Waals surface area contributed by atoms with Gasteiger partial charge in [0.1, 0.15) is 23.7 Å². The molecule has 4 amide bonds. The van der Waals surface area contributed by atoms with Gasteiger partial charge in [0.25, 0.3) is 17.4 Å². The number of likely N-dealkylation sites (tertiary alicyclic amines) is 1. The number of nitrogens with one attached hydrogen (secondary N) is 4. The summed E-state index contributed by atoms with van der Waals surface area (Å²) in [5, 5.41) is 5.41. The van der Waals surface area contributed by atoms with Crippen LogP contribution in [0.5, 0.6) is 0 Å². The van der Waals surface area contributed by atoms with E-state index in [1.807, 2.05) is 6.92 Å². The normalized spacial score (nSPS) is 26.8. The van der Waals surface area contributed by atoms with Crippen LogP contribution in [0.15, 0.2) is 29.6 Å². The molecular weight excluding hydrogens is 775 g/mol. The zero-order valence-corrected chi connectivity index (χ0v) is 35.1. The summed E-state index contributed by atoms with van der Waals surface area (Å²) in [6.45, 7) is 18.3. The second kappa shape index (κ2) is 17.1. The molecule has 1 saturated heterocycles. The molecule has 3 saturated carbocycles. The molecule has 4 fully saturated rings. The van der Waals surface area contributed by atoms with Gasteiger partial charge in [-0.2, -0.15) is 8.78 Å². The number of unbranched alkanes of at least 4 members (excludes halogenated alkanes) is 1. The zero-order valence-electron chi connectivity index (χ0n) is 34.3. The maximum absolute atomic E-state index is 15.1. The van der Waals surface area contributed by atoms with Gasteiger partial charge in [-0.1, -0.05) is 64.8 Å². The minimum absolute atomic E-state index is 0.0504. The Bertz CT molecular complexity index is 2110. The van der Waals surface area contributed by atoms with Gasteiger partial charge in [0, 0.05) is 18.9 Å². The Balaban J connectivity index is 1.16. The molecule has 14 nitrogen and oxygen atoms in total. The lowest BCUT2D eigenvalue weighted by Gasteiger charge is -2.36. The van der Waals surface area contributed by atoms with Gasteiger partial charge in [0.15, 0.2) is 5.69 Å². The number of alkyl halides is 2. The van der Waals surface area contributed by atoms with E-state index in [0.717, 1.165) is 0 Å². The Morgan fingerprint density at radius 2 is 1.83 bits per heavy atom. The van der Waals surface area contributed by atoms with Crippen molar-refractivity contribution in [2.24, 2.45) is 23.2 Å². The molecule has 0 spiro atoms. The van der Waals surface area contributed by atoms with Crippen molar-refractivity contribution in [1.29, 1.82) is 0 Å². The number of halogens is 2. The fourth-order valence-electron chi connectivity index (χ4n) is 7.84. The molecule has 320 valence electrons. The second-order valence-electron chi connectivity index (χ2n) is 17.4. The van der Waals surface area contributed by atoms with Crippen molar-refractivity contribution in [2.75, 3.05) is 6.54 Å². The number of aromatic nitrogens is 2. The number of alkyl carbamates (subject to hydrolysis) is 1. The highest BCUT2D eigenvalue weighted by Crippen LogP contribution is 2.46. The van der Waals surface area contributed by atoms with Crippen LogP contribution in [0.4, 0.5) is 13.6 Å². The average molecular weight is 833 g/mol. The monoisotopic (exact) mass is 832 g/mol. The van der Waals surface area contributed by atoms with Crippen LogP contribution in [0.3, 0.4) is 0 Å². The molecule has 58 heavy (non-hydrogen) atoms. The summed E-state index contributed by atoms with van der Waals surface area (Å²) in [6, 6.07) is -2.07. The summed E-state index contributed by atoms with van der Waals surface area (Å²) in [6.07, 6.45) is 6.44. The lowest BCUT2D eigenvalue weighted by Crippen LogP contribution is -2.61. The number of carbonyl (C=O) groups excluding carboxylic acids is 4. The maximum atomic E-state index is 15.1. The van der Waals surface area contributed by atoms with Crippen molar-refractivity contribution in [2.45, 2.75) is 141 Å². The molecule has 0 bridgehead atoms. The molecule has 1 aromatic heterocycles. The van der Waals surface area contributed by atoms with Crippen LogP contribution in [0, 0.1) is 23.2 Å². The zero-order chi connectivity index (χ0) is 43.0. The van der Waals surface area contributed by atoms with Gasteiger partial charge in [-0.15, -0.1) is 6.58 Å². The van der Waals surface area contributed by atoms with Gasteiger partial charge in [-0.05, 0) is 82.1 Å². The lowest BCUT2D eigenvalue weighted by molar-refractivity contribution is -0.143. The molecule has 0 radical (unpaired) electrons. The van der Waals surface area contributed by atoms with Crippen molar-refractivity contribution in [3.8, 4) is 0 Å². The molecule has 5 rings (SSSR count). The Kier molecular flexibility index (Phi) is 13.1. The van der Waals surface area contributed by atoms with Crippen LogP contribution in [-0.2, 0) is 35.1 Å². The molecule has 17 heteroatoms. The predicted octanol–water partition coefficient (Wildman–Crippen LogP) is 3.40. The van der Waals surface area contributed by atoms with Gasteiger partial charge in [0.2, 0.25) is 21.8 Å². The summed E-state index contributed by atoms with van der Waals surface area (Å²) in [5.41, 5.74) is -3.48. The third kappa shape index (κ3) is 10.1. The fraction of sp³-hybridized carbons (Fsp3) is 0.659. The Morgan fingerprint density at radius 1 is 1.14 bits per heavy atom. The first kappa shape index (κ1) is 44.7. The lowest BCUT2D eigenvalue weighted by atomic mass is 9.85. The largest absolute Gasteiger partial charge is 0.446 e. The third-order valence-electron chi connectivity index (χ3n) is 11.6. The number of hydrogen-bond donors (Lipinski definition) is 4. The molecule has 1 aromatic rings. The van der Waals surface area contributed by atoms with Gasteiger partial charge in [-0.3, -0.25) is 23.9 Å². The minimum Gasteiger partial charge on any atom is -0.446 e. The van der Waals surface area contributed by atoms with E-state index < -0.39 is 97.7 Å². The molecule has 2 heterocycles. The number of aromatic amines is 1. The van der Waals surface area contributed by atoms with E-state index >= 15 is 8.78 Å². The topological polar surface area (TPSA) is 197 Å². The highest BCUT2D eigenvalue weighted by Gasteiger charge is 2.62. The number of nitrogens with zero attached hydrogens (tertiary/aromatic N) is 2. The van der Waals surface area contributed by atoms with E-state index in [4.69, 9.17) is 4.74 Å². The molecule has 7 atom stereocenters. The number of hydrogen-bond acceptors (Lipinski definition) is 9. The van der Waals surface area contributed by atoms with Gasteiger partial charge >= 0.3 is 6.09 Å². The van der Waals surface area contributed by atoms with Crippen LogP contribution in [0.1, 0.15) is 111 Å². The van der Waals surface area contributed by atoms with E-state index in [1.54, 1.807) is 40.7 Å². The van der Waals surface area contributed by atoms with Crippen LogP contribution in [0.2, 0.25) is 0 Å². The standard InChI is InChI=1S/C41H58F2N6O8S/c1-9-24-17-19-49(31(24)34(50)47-40(22-26(40)10-2)37(53)48-58(55,56)27-15-16-27)36(52)33(39(6,7)8)46-38(54)57-30-21-25(30)14-12-13-18-41(42,43)32-35(51)45-29(20-23(4)5)28(11-3)44-32/h10-11,20,24-27,30-31,33H,2,4,9,12-19,21-22H2,1,3,5-8H3,(H,45,51)(H,46,54)(H,47,50)(H,48,53)/b28-11+,29-20+. The summed E-state index contributed by atoms with van der Waals surface area (Å²) in [7, 11) is -3.88. The van der Waals surface area contributed by atoms with Crippen LogP contribution in [-0.4, -0.2) is 82.6 Å². The highest BCUT2D eigenvalue weighted by molar-refractivity contribution is 7.91. The van der Waals surface area contributed by atoms with E-state index in [9.17, 15) is 32.4 Å². The Labute approximate surface area is 338 Å². The smallest absolute Gasteiger partial charge is 0.408 e. The Morgan fingerprint density at radius 3 is 2.40 bits per heavy atom. The van der Waals surface area contributed by atoms with Crippen molar-refractivity contribution in [3.63, 3.8) is 0 Å². The highest BCUT2D eigenvalue weighted by atomic mass is 32.2. The number of allylic oxidation sites excluding steroid dienone is 1.